The zero-order valence-electron chi connectivity index (χ0n) is 17.3. The average Bonchev–Trinajstić information content (AvgIpc) is 2.84. The first-order chi connectivity index (χ1) is 15.2. The lowest BCUT2D eigenvalue weighted by Crippen LogP contribution is -2.56. The van der Waals surface area contributed by atoms with Gasteiger partial charge in [-0.1, -0.05) is 24.3 Å². The second-order valence-electron chi connectivity index (χ2n) is 8.17. The van der Waals surface area contributed by atoms with E-state index in [-0.39, 0.29) is 11.9 Å². The summed E-state index contributed by atoms with van der Waals surface area (Å²) < 4.78 is 0. The van der Waals surface area contributed by atoms with Gasteiger partial charge in [-0.25, -0.2) is 9.97 Å². The molecule has 0 aliphatic carbocycles. The van der Waals surface area contributed by atoms with Gasteiger partial charge in [0.15, 0.2) is 5.82 Å². The van der Waals surface area contributed by atoms with Crippen molar-refractivity contribution in [2.75, 3.05) is 19.6 Å². The van der Waals surface area contributed by atoms with Gasteiger partial charge < -0.3 is 10.0 Å². The van der Waals surface area contributed by atoms with Gasteiger partial charge in [0.05, 0.1) is 6.10 Å². The van der Waals surface area contributed by atoms with Crippen LogP contribution in [0.2, 0.25) is 0 Å². The van der Waals surface area contributed by atoms with Crippen molar-refractivity contribution in [2.45, 2.75) is 31.5 Å². The summed E-state index contributed by atoms with van der Waals surface area (Å²) in [5.41, 5.74) is 3.90. The van der Waals surface area contributed by atoms with Crippen LogP contribution in [0.25, 0.3) is 11.4 Å². The molecule has 1 unspecified atom stereocenters. The summed E-state index contributed by atoms with van der Waals surface area (Å²) in [6.45, 7) is 2.71. The number of aromatic nitrogens is 3. The highest BCUT2D eigenvalue weighted by atomic mass is 16.3. The van der Waals surface area contributed by atoms with Gasteiger partial charge in [-0.05, 0) is 42.2 Å². The first-order valence-corrected chi connectivity index (χ1v) is 10.7. The number of amides is 1. The fourth-order valence-electron chi connectivity index (χ4n) is 4.61. The molecule has 2 aliphatic heterocycles. The molecule has 2 atom stereocenters. The topological polar surface area (TPSA) is 82.5 Å². The van der Waals surface area contributed by atoms with Gasteiger partial charge in [-0.3, -0.25) is 14.7 Å². The lowest BCUT2D eigenvalue weighted by Gasteiger charge is -2.43. The van der Waals surface area contributed by atoms with Crippen molar-refractivity contribution >= 4 is 5.91 Å². The number of fused-ring (bicyclic) bond motifs is 1. The van der Waals surface area contributed by atoms with E-state index in [1.165, 1.54) is 11.1 Å². The zero-order chi connectivity index (χ0) is 21.2. The number of pyridine rings is 1. The molecule has 1 N–H and O–H groups in total. The van der Waals surface area contributed by atoms with Crippen LogP contribution >= 0.6 is 0 Å². The fraction of sp³-hybridized carbons (Fsp3) is 0.333. The fourth-order valence-corrected chi connectivity index (χ4v) is 4.61. The van der Waals surface area contributed by atoms with Crippen molar-refractivity contribution < 1.29 is 9.90 Å². The highest BCUT2D eigenvalue weighted by molar-refractivity contribution is 5.92. The molecule has 158 valence electrons. The third kappa shape index (κ3) is 4.06. The van der Waals surface area contributed by atoms with Gasteiger partial charge in [-0.2, -0.15) is 0 Å². The van der Waals surface area contributed by atoms with Gasteiger partial charge >= 0.3 is 0 Å². The van der Waals surface area contributed by atoms with Gasteiger partial charge in [0.1, 0.15) is 5.69 Å². The molecule has 1 fully saturated rings. The molecular weight excluding hydrogens is 390 g/mol. The van der Waals surface area contributed by atoms with Crippen molar-refractivity contribution in [1.82, 2.24) is 24.8 Å². The number of likely N-dealkylation sites (tertiary alicyclic amines) is 1. The monoisotopic (exact) mass is 415 g/mol. The summed E-state index contributed by atoms with van der Waals surface area (Å²) in [6, 6.07) is 13.8. The first-order valence-electron chi connectivity index (χ1n) is 10.7. The number of nitrogens with zero attached hydrogens (tertiary/aromatic N) is 5. The third-order valence-electron chi connectivity index (χ3n) is 6.28. The minimum Gasteiger partial charge on any atom is -0.390 e. The summed E-state index contributed by atoms with van der Waals surface area (Å²) in [5.74, 6) is 0.329. The first kappa shape index (κ1) is 19.8. The Balaban J connectivity index is 1.26. The summed E-state index contributed by atoms with van der Waals surface area (Å²) in [4.78, 5) is 29.9. The Bertz CT molecular complexity index is 1070. The third-order valence-corrected chi connectivity index (χ3v) is 6.28. The molecule has 4 heterocycles. The molecule has 0 spiro atoms. The number of carbonyl (C=O) groups is 1. The van der Waals surface area contributed by atoms with E-state index in [0.29, 0.717) is 24.6 Å². The molecule has 7 nitrogen and oxygen atoms in total. The van der Waals surface area contributed by atoms with Crippen LogP contribution in [0.15, 0.2) is 61.1 Å². The number of benzene rings is 1. The normalized spacial score (nSPS) is 21.5. The zero-order valence-corrected chi connectivity index (χ0v) is 17.3. The molecule has 31 heavy (non-hydrogen) atoms. The maximum absolute atomic E-state index is 13.1. The molecule has 1 saturated heterocycles. The van der Waals surface area contributed by atoms with Crippen molar-refractivity contribution in [3.8, 4) is 11.4 Å². The summed E-state index contributed by atoms with van der Waals surface area (Å²) in [6.07, 6.45) is 6.12. The van der Waals surface area contributed by atoms with Gasteiger partial charge in [0, 0.05) is 56.4 Å². The lowest BCUT2D eigenvalue weighted by molar-refractivity contribution is -0.0139. The van der Waals surface area contributed by atoms with E-state index >= 15 is 0 Å². The highest BCUT2D eigenvalue weighted by Gasteiger charge is 2.35. The largest absolute Gasteiger partial charge is 0.390 e. The molecule has 7 heteroatoms. The number of aliphatic hydroxyl groups is 1. The minimum absolute atomic E-state index is 0.0650. The number of rotatable bonds is 3. The molecule has 5 rings (SSSR count). The average molecular weight is 415 g/mol. The molecule has 0 bridgehead atoms. The number of carbonyl (C=O) groups excluding carboxylic acids is 1. The number of piperidine rings is 1. The van der Waals surface area contributed by atoms with Crippen molar-refractivity contribution in [1.29, 1.82) is 0 Å². The lowest BCUT2D eigenvalue weighted by atomic mass is 9.94. The Morgan fingerprint density at radius 2 is 1.81 bits per heavy atom. The van der Waals surface area contributed by atoms with Gasteiger partial charge in [0.25, 0.3) is 5.91 Å². The van der Waals surface area contributed by atoms with Crippen LogP contribution in [0.3, 0.4) is 0 Å². The van der Waals surface area contributed by atoms with Crippen molar-refractivity contribution in [3.63, 3.8) is 0 Å². The Hall–Kier alpha value is -3.16. The van der Waals surface area contributed by atoms with Crippen LogP contribution in [0.5, 0.6) is 0 Å². The number of hydrogen-bond donors (Lipinski definition) is 1. The van der Waals surface area contributed by atoms with Crippen LogP contribution < -0.4 is 0 Å². The smallest absolute Gasteiger partial charge is 0.272 e. The maximum atomic E-state index is 13.1. The summed E-state index contributed by atoms with van der Waals surface area (Å²) in [7, 11) is 0. The predicted octanol–water partition coefficient (Wildman–Crippen LogP) is 2.17. The highest BCUT2D eigenvalue weighted by Crippen LogP contribution is 2.26. The van der Waals surface area contributed by atoms with E-state index in [2.05, 4.69) is 44.1 Å². The molecule has 2 aliphatic rings. The van der Waals surface area contributed by atoms with E-state index in [9.17, 15) is 9.90 Å². The summed E-state index contributed by atoms with van der Waals surface area (Å²) >= 11 is 0. The van der Waals surface area contributed by atoms with Crippen LogP contribution in [-0.2, 0) is 13.0 Å². The summed E-state index contributed by atoms with van der Waals surface area (Å²) in [5, 5.41) is 10.9. The SMILES string of the molecule is O=C(c1ccnc(-c2ccncc2)n1)N1CC[C@H](N2CCc3ccccc3C2)C(O)C1. The Morgan fingerprint density at radius 1 is 1.00 bits per heavy atom. The second-order valence-corrected chi connectivity index (χ2v) is 8.17. The molecule has 3 aromatic rings. The van der Waals surface area contributed by atoms with Crippen LogP contribution in [0.1, 0.15) is 28.0 Å². The minimum atomic E-state index is -0.579. The quantitative estimate of drug-likeness (QED) is 0.706. The Kier molecular flexibility index (Phi) is 5.44. The van der Waals surface area contributed by atoms with E-state index in [1.54, 1.807) is 29.6 Å². The van der Waals surface area contributed by atoms with E-state index in [4.69, 9.17) is 0 Å². The number of hydrogen-bond acceptors (Lipinski definition) is 6. The molecule has 0 saturated carbocycles. The molecule has 1 amide bonds. The van der Waals surface area contributed by atoms with Crippen LogP contribution in [0, 0.1) is 0 Å². The molecular formula is C24H25N5O2. The van der Waals surface area contributed by atoms with E-state index in [0.717, 1.165) is 31.5 Å². The molecule has 1 aromatic carbocycles. The second kappa shape index (κ2) is 8.53. The van der Waals surface area contributed by atoms with Crippen molar-refractivity contribution in [3.05, 3.63) is 77.9 Å². The van der Waals surface area contributed by atoms with Crippen LogP contribution in [-0.4, -0.2) is 67.5 Å². The standard InChI is InChI=1S/C24H25N5O2/c30-22-16-29(14-9-21(22)28-13-8-17-3-1-2-4-19(17)15-28)24(31)20-7-12-26-23(27-20)18-5-10-25-11-6-18/h1-7,10-12,21-22,30H,8-9,13-16H2/t21-,22?/m0/s1. The Labute approximate surface area is 181 Å². The Morgan fingerprint density at radius 3 is 2.61 bits per heavy atom. The molecule has 0 radical (unpaired) electrons. The number of aliphatic hydroxyl groups excluding tert-OH is 1. The maximum Gasteiger partial charge on any atom is 0.272 e. The van der Waals surface area contributed by atoms with Gasteiger partial charge in [0.2, 0.25) is 0 Å². The number of β-amino-alcohol motifs (C(OH)–C–C–N with tert-alkyl or cyclic N) is 1. The van der Waals surface area contributed by atoms with E-state index in [1.807, 2.05) is 12.1 Å². The van der Waals surface area contributed by atoms with E-state index < -0.39 is 6.10 Å². The van der Waals surface area contributed by atoms with Crippen LogP contribution in [0.4, 0.5) is 0 Å². The predicted molar refractivity (Wildman–Crippen MR) is 116 cm³/mol. The van der Waals surface area contributed by atoms with Gasteiger partial charge in [-0.15, -0.1) is 0 Å². The van der Waals surface area contributed by atoms with Crippen molar-refractivity contribution in [2.24, 2.45) is 0 Å². The molecule has 2 aromatic heterocycles.